The fraction of sp³-hybridized carbons (Fsp3) is 0.167. The molecule has 47 heavy (non-hydrogen) atoms. The Bertz CT molecular complexity index is 2000. The average molecular weight is 666 g/mol. The molecule has 7 rings (SSSR count). The van der Waals surface area contributed by atoms with Crippen LogP contribution in [0.4, 0.5) is 9.52 Å². The van der Waals surface area contributed by atoms with Crippen LogP contribution in [0, 0.1) is 5.82 Å². The predicted molar refractivity (Wildman–Crippen MR) is 178 cm³/mol. The lowest BCUT2D eigenvalue weighted by atomic mass is 9.94. The Labute approximate surface area is 278 Å². The number of anilines is 1. The van der Waals surface area contributed by atoms with Gasteiger partial charge in [-0.1, -0.05) is 77.7 Å². The van der Waals surface area contributed by atoms with Crippen molar-refractivity contribution in [3.63, 3.8) is 0 Å². The van der Waals surface area contributed by atoms with Gasteiger partial charge in [0, 0.05) is 17.7 Å². The number of Topliss-reactive ketones (excluding diaryl/α,β-unsaturated/α-hetero) is 1. The molecule has 4 aromatic carbocycles. The molecule has 5 aromatic rings. The molecule has 0 spiro atoms. The number of rotatable bonds is 9. The van der Waals surface area contributed by atoms with Gasteiger partial charge in [0.25, 0.3) is 5.78 Å². The number of benzene rings is 4. The molecule has 2 atom stereocenters. The lowest BCUT2D eigenvalue weighted by Crippen LogP contribution is -2.29. The highest BCUT2D eigenvalue weighted by Gasteiger charge is 2.48. The summed E-state index contributed by atoms with van der Waals surface area (Å²) in [6.45, 7) is 2.29. The molecule has 0 saturated carbocycles. The van der Waals surface area contributed by atoms with Gasteiger partial charge in [-0.05, 0) is 71.6 Å². The van der Waals surface area contributed by atoms with Gasteiger partial charge >= 0.3 is 5.91 Å². The van der Waals surface area contributed by atoms with E-state index in [2.05, 4.69) is 10.2 Å². The molecule has 11 heteroatoms. The maximum atomic E-state index is 13.8. The summed E-state index contributed by atoms with van der Waals surface area (Å²) in [4.78, 5) is 28.8. The van der Waals surface area contributed by atoms with Crippen LogP contribution in [-0.4, -0.2) is 33.1 Å². The van der Waals surface area contributed by atoms with Crippen molar-refractivity contribution in [3.8, 4) is 11.5 Å². The van der Waals surface area contributed by atoms with Crippen LogP contribution in [0.3, 0.4) is 0 Å². The molecule has 0 bridgehead atoms. The normalized spacial score (nSPS) is 18.3. The molecule has 1 saturated heterocycles. The van der Waals surface area contributed by atoms with E-state index in [-0.39, 0.29) is 28.4 Å². The Morgan fingerprint density at radius 2 is 1.81 bits per heavy atom. The lowest BCUT2D eigenvalue weighted by molar-refractivity contribution is -0.132. The summed E-state index contributed by atoms with van der Waals surface area (Å²) >= 11 is 2.55. The summed E-state index contributed by atoms with van der Waals surface area (Å²) in [5, 5.41) is 20.5. The maximum Gasteiger partial charge on any atom is 0.301 e. The molecular formula is C36H28FN3O5S2. The first kappa shape index (κ1) is 30.6. The van der Waals surface area contributed by atoms with E-state index in [9.17, 15) is 19.1 Å². The van der Waals surface area contributed by atoms with E-state index in [0.29, 0.717) is 40.0 Å². The van der Waals surface area contributed by atoms with Crippen molar-refractivity contribution in [3.05, 3.63) is 136 Å². The fourth-order valence-electron chi connectivity index (χ4n) is 5.67. The second-order valence-corrected chi connectivity index (χ2v) is 13.4. The van der Waals surface area contributed by atoms with Crippen molar-refractivity contribution in [2.45, 2.75) is 42.2 Å². The van der Waals surface area contributed by atoms with Crippen LogP contribution >= 0.6 is 23.1 Å². The Balaban J connectivity index is 1.25. The number of aromatic nitrogens is 2. The summed E-state index contributed by atoms with van der Waals surface area (Å²) in [5.74, 6) is -0.477. The van der Waals surface area contributed by atoms with E-state index in [1.54, 1.807) is 54.6 Å². The first-order valence-corrected chi connectivity index (χ1v) is 16.7. The third-order valence-corrected chi connectivity index (χ3v) is 10.0. The van der Waals surface area contributed by atoms with E-state index in [1.807, 2.05) is 37.3 Å². The molecule has 2 aliphatic heterocycles. The molecule has 8 nitrogen and oxygen atoms in total. The number of aliphatic hydroxyl groups excluding tert-OH is 1. The van der Waals surface area contributed by atoms with Crippen molar-refractivity contribution < 1.29 is 28.6 Å². The predicted octanol–water partition coefficient (Wildman–Crippen LogP) is 7.50. The number of hydrogen-bond donors (Lipinski definition) is 1. The van der Waals surface area contributed by atoms with Crippen LogP contribution in [0.15, 0.2) is 107 Å². The van der Waals surface area contributed by atoms with Crippen LogP contribution in [0.5, 0.6) is 11.5 Å². The molecule has 236 valence electrons. The van der Waals surface area contributed by atoms with Crippen molar-refractivity contribution in [1.82, 2.24) is 10.2 Å². The van der Waals surface area contributed by atoms with Gasteiger partial charge in [0.2, 0.25) is 5.13 Å². The number of ether oxygens (including phenoxy) is 2. The number of carbonyl (C=O) groups excluding carboxylic acids is 2. The van der Waals surface area contributed by atoms with Crippen molar-refractivity contribution in [1.29, 1.82) is 0 Å². The van der Waals surface area contributed by atoms with Crippen molar-refractivity contribution in [2.24, 2.45) is 0 Å². The molecule has 3 heterocycles. The number of amides is 1. The fourth-order valence-corrected chi connectivity index (χ4v) is 7.49. The van der Waals surface area contributed by atoms with Crippen molar-refractivity contribution in [2.75, 3.05) is 4.90 Å². The lowest BCUT2D eigenvalue weighted by Gasteiger charge is -2.23. The highest BCUT2D eigenvalue weighted by Crippen LogP contribution is 2.45. The summed E-state index contributed by atoms with van der Waals surface area (Å²) in [6.07, 6.45) is 0.664. The molecule has 0 radical (unpaired) electrons. The molecule has 1 fully saturated rings. The molecule has 2 aliphatic rings. The van der Waals surface area contributed by atoms with Crippen LogP contribution in [-0.2, 0) is 28.4 Å². The SMILES string of the molecule is C[C@H]1Cc2cc(C(O)=C3C(=O)C(=O)N(c4nnc(SCc5ccc(F)cc5)s4)[C@H]3c3cccc(OCc4ccccc4)c3)ccc2O1. The average Bonchev–Trinajstić information content (AvgIpc) is 3.78. The number of fused-ring (bicyclic) bond motifs is 1. The number of aliphatic hydroxyl groups is 1. The number of nitrogens with zero attached hydrogens (tertiary/aromatic N) is 3. The summed E-state index contributed by atoms with van der Waals surface area (Å²) in [5.41, 5.74) is 3.71. The summed E-state index contributed by atoms with van der Waals surface area (Å²) < 4.78 is 25.8. The highest BCUT2D eigenvalue weighted by molar-refractivity contribution is 8.00. The number of carbonyl (C=O) groups is 2. The Kier molecular flexibility index (Phi) is 8.48. The van der Waals surface area contributed by atoms with Gasteiger partial charge < -0.3 is 14.6 Å². The minimum Gasteiger partial charge on any atom is -0.507 e. The van der Waals surface area contributed by atoms with Crippen molar-refractivity contribution >= 4 is 45.7 Å². The van der Waals surface area contributed by atoms with Crippen LogP contribution in [0.1, 0.15) is 40.8 Å². The zero-order valence-electron chi connectivity index (χ0n) is 25.1. The van der Waals surface area contributed by atoms with Crippen LogP contribution < -0.4 is 14.4 Å². The third kappa shape index (κ3) is 6.36. The monoisotopic (exact) mass is 665 g/mol. The molecule has 0 aliphatic carbocycles. The molecule has 0 unspecified atom stereocenters. The van der Waals surface area contributed by atoms with Crippen LogP contribution in [0.25, 0.3) is 5.76 Å². The number of hydrogen-bond acceptors (Lipinski definition) is 9. The van der Waals surface area contributed by atoms with Gasteiger partial charge in [-0.3, -0.25) is 14.5 Å². The standard InChI is InChI=1S/C36H28FN3O5S2/c1-21-16-26-17-25(12-15-29(26)45-21)32(41)30-31(24-8-5-9-28(18-24)44-19-22-6-3-2-4-7-22)40(34(43)33(30)42)35-38-39-36(47-35)46-20-23-10-13-27(37)14-11-23/h2-15,17-18,21,31,41H,16,19-20H2,1H3/t21-,31-/m0/s1. The third-order valence-electron chi connectivity index (χ3n) is 7.91. The Morgan fingerprint density at radius 3 is 2.62 bits per heavy atom. The van der Waals surface area contributed by atoms with Gasteiger partial charge in [-0.2, -0.15) is 0 Å². The minimum absolute atomic E-state index is 0.000807. The Hall–Kier alpha value is -5.00. The maximum absolute atomic E-state index is 13.8. The molecule has 1 amide bonds. The Morgan fingerprint density at radius 1 is 1.00 bits per heavy atom. The van der Waals surface area contributed by atoms with Crippen LogP contribution in [0.2, 0.25) is 0 Å². The first-order valence-electron chi connectivity index (χ1n) is 14.9. The minimum atomic E-state index is -0.999. The smallest absolute Gasteiger partial charge is 0.301 e. The van der Waals surface area contributed by atoms with E-state index >= 15 is 0 Å². The van der Waals surface area contributed by atoms with E-state index in [1.165, 1.54) is 28.8 Å². The molecular weight excluding hydrogens is 638 g/mol. The van der Waals surface area contributed by atoms with E-state index < -0.39 is 17.7 Å². The summed E-state index contributed by atoms with van der Waals surface area (Å²) in [6, 6.07) is 27.3. The quantitative estimate of drug-likeness (QED) is 0.0568. The molecule has 1 N–H and O–H groups in total. The topological polar surface area (TPSA) is 102 Å². The van der Waals surface area contributed by atoms with E-state index in [4.69, 9.17) is 9.47 Å². The zero-order chi connectivity index (χ0) is 32.5. The second kappa shape index (κ2) is 13.0. The van der Waals surface area contributed by atoms with Gasteiger partial charge in [0.1, 0.15) is 35.8 Å². The number of thioether (sulfide) groups is 1. The van der Waals surface area contributed by atoms with Gasteiger partial charge in [0.05, 0.1) is 11.6 Å². The zero-order valence-corrected chi connectivity index (χ0v) is 26.8. The highest BCUT2D eigenvalue weighted by atomic mass is 32.2. The second-order valence-electron chi connectivity index (χ2n) is 11.2. The number of halogens is 1. The number of ketones is 1. The van der Waals surface area contributed by atoms with Gasteiger partial charge in [-0.25, -0.2) is 4.39 Å². The summed E-state index contributed by atoms with van der Waals surface area (Å²) in [7, 11) is 0. The largest absolute Gasteiger partial charge is 0.507 e. The first-order chi connectivity index (χ1) is 22.8. The van der Waals surface area contributed by atoms with Gasteiger partial charge in [0.15, 0.2) is 4.34 Å². The molecule has 1 aromatic heterocycles. The van der Waals surface area contributed by atoms with Gasteiger partial charge in [-0.15, -0.1) is 10.2 Å². The van der Waals surface area contributed by atoms with E-state index in [0.717, 1.165) is 33.8 Å².